The lowest BCUT2D eigenvalue weighted by atomic mass is 9.99. The highest BCUT2D eigenvalue weighted by Gasteiger charge is 2.37. The van der Waals surface area contributed by atoms with Gasteiger partial charge in [-0.1, -0.05) is 26.0 Å². The second kappa shape index (κ2) is 8.85. The maximum Gasteiger partial charge on any atom is 0.249 e. The lowest BCUT2D eigenvalue weighted by Gasteiger charge is -2.38. The molecule has 0 bridgehead atoms. The Bertz CT molecular complexity index is 653. The van der Waals surface area contributed by atoms with Gasteiger partial charge >= 0.3 is 0 Å². The number of amides is 2. The Balaban J connectivity index is 1.66. The summed E-state index contributed by atoms with van der Waals surface area (Å²) in [4.78, 5) is 26.2. The van der Waals surface area contributed by atoms with E-state index >= 15 is 0 Å². The normalized spacial score (nSPS) is 21.4. The number of ether oxygens (including phenoxy) is 1. The minimum Gasteiger partial charge on any atom is -0.386 e. The average Bonchev–Trinajstić information content (AvgIpc) is 3.48. The van der Waals surface area contributed by atoms with E-state index in [1.165, 1.54) is 0 Å². The van der Waals surface area contributed by atoms with Crippen molar-refractivity contribution in [2.45, 2.75) is 51.7 Å². The first-order valence-corrected chi connectivity index (χ1v) is 9.99. The molecular formula is C21H30N2O4. The molecule has 148 valence electrons. The average molecular weight is 374 g/mol. The van der Waals surface area contributed by atoms with Crippen LogP contribution in [-0.4, -0.2) is 47.6 Å². The zero-order valence-electron chi connectivity index (χ0n) is 16.2. The van der Waals surface area contributed by atoms with Crippen molar-refractivity contribution in [2.24, 2.45) is 11.8 Å². The molecule has 0 spiro atoms. The third-order valence-corrected chi connectivity index (χ3v) is 5.63. The SMILES string of the molecule is CCC(CC)C(=O)Nc1ccc([C@@H](O)[C@H]2COCC(=O)N2CC2CC2)cc1. The quantitative estimate of drug-likeness (QED) is 0.733. The number of aliphatic hydroxyl groups is 1. The summed E-state index contributed by atoms with van der Waals surface area (Å²) in [5, 5.41) is 13.8. The van der Waals surface area contributed by atoms with Crippen LogP contribution in [0.15, 0.2) is 24.3 Å². The van der Waals surface area contributed by atoms with Gasteiger partial charge in [0.05, 0.1) is 12.6 Å². The second-order valence-corrected chi connectivity index (χ2v) is 7.64. The third-order valence-electron chi connectivity index (χ3n) is 5.63. The number of rotatable bonds is 8. The monoisotopic (exact) mass is 374 g/mol. The Labute approximate surface area is 160 Å². The molecule has 0 aromatic heterocycles. The molecular weight excluding hydrogens is 344 g/mol. The van der Waals surface area contributed by atoms with E-state index in [0.717, 1.165) is 31.2 Å². The van der Waals surface area contributed by atoms with Gasteiger partial charge in [-0.3, -0.25) is 9.59 Å². The smallest absolute Gasteiger partial charge is 0.249 e. The first-order valence-electron chi connectivity index (χ1n) is 9.99. The van der Waals surface area contributed by atoms with Crippen molar-refractivity contribution in [2.75, 3.05) is 25.1 Å². The number of carbonyl (C=O) groups is 2. The number of hydrogen-bond donors (Lipinski definition) is 2. The fourth-order valence-corrected chi connectivity index (χ4v) is 3.59. The van der Waals surface area contributed by atoms with E-state index in [1.807, 2.05) is 26.0 Å². The number of nitrogens with zero attached hydrogens (tertiary/aromatic N) is 1. The predicted molar refractivity (Wildman–Crippen MR) is 103 cm³/mol. The van der Waals surface area contributed by atoms with E-state index in [0.29, 0.717) is 24.8 Å². The number of morpholine rings is 1. The maximum atomic E-state index is 12.2. The summed E-state index contributed by atoms with van der Waals surface area (Å²) in [6.07, 6.45) is 3.12. The standard InChI is InChI=1S/C21H30N2O4/c1-3-15(4-2)21(26)22-17-9-7-16(8-10-17)20(25)18-12-27-13-19(24)23(18)11-14-5-6-14/h7-10,14-15,18,20,25H,3-6,11-13H2,1-2H3,(H,22,26)/t18-,20-/m1/s1. The van der Waals surface area contributed by atoms with Crippen LogP contribution in [0.4, 0.5) is 5.69 Å². The highest BCUT2D eigenvalue weighted by atomic mass is 16.5. The summed E-state index contributed by atoms with van der Waals surface area (Å²) in [6.45, 7) is 5.15. The molecule has 0 radical (unpaired) electrons. The highest BCUT2D eigenvalue weighted by molar-refractivity contribution is 5.92. The van der Waals surface area contributed by atoms with Gasteiger partial charge in [0.15, 0.2) is 0 Å². The number of benzene rings is 1. The van der Waals surface area contributed by atoms with Crippen LogP contribution in [0.2, 0.25) is 0 Å². The number of aliphatic hydroxyl groups excluding tert-OH is 1. The highest BCUT2D eigenvalue weighted by Crippen LogP contribution is 2.33. The van der Waals surface area contributed by atoms with Gasteiger partial charge in [-0.05, 0) is 49.3 Å². The lowest BCUT2D eigenvalue weighted by Crippen LogP contribution is -2.52. The van der Waals surface area contributed by atoms with Crippen LogP contribution in [0.3, 0.4) is 0 Å². The third kappa shape index (κ3) is 4.87. The molecule has 2 amide bonds. The summed E-state index contributed by atoms with van der Waals surface area (Å²) in [7, 11) is 0. The molecule has 1 aromatic rings. The summed E-state index contributed by atoms with van der Waals surface area (Å²) in [5.41, 5.74) is 1.44. The fraction of sp³-hybridized carbons (Fsp3) is 0.619. The van der Waals surface area contributed by atoms with Crippen molar-refractivity contribution >= 4 is 17.5 Å². The van der Waals surface area contributed by atoms with Gasteiger partial charge in [0.1, 0.15) is 12.7 Å². The van der Waals surface area contributed by atoms with Crippen molar-refractivity contribution in [3.8, 4) is 0 Å². The van der Waals surface area contributed by atoms with Crippen LogP contribution in [-0.2, 0) is 14.3 Å². The topological polar surface area (TPSA) is 78.9 Å². The molecule has 1 aromatic carbocycles. The Morgan fingerprint density at radius 3 is 2.52 bits per heavy atom. The fourth-order valence-electron chi connectivity index (χ4n) is 3.59. The molecule has 1 saturated carbocycles. The molecule has 6 nitrogen and oxygen atoms in total. The molecule has 1 aliphatic heterocycles. The van der Waals surface area contributed by atoms with E-state index < -0.39 is 6.10 Å². The van der Waals surface area contributed by atoms with E-state index in [4.69, 9.17) is 4.74 Å². The largest absolute Gasteiger partial charge is 0.386 e. The molecule has 1 saturated heterocycles. The van der Waals surface area contributed by atoms with Crippen molar-refractivity contribution in [1.29, 1.82) is 0 Å². The molecule has 0 unspecified atom stereocenters. The number of anilines is 1. The first-order chi connectivity index (χ1) is 13.0. The molecule has 6 heteroatoms. The number of carbonyl (C=O) groups excluding carboxylic acids is 2. The Morgan fingerprint density at radius 1 is 1.26 bits per heavy atom. The van der Waals surface area contributed by atoms with Crippen LogP contribution < -0.4 is 5.32 Å². The lowest BCUT2D eigenvalue weighted by molar-refractivity contribution is -0.154. The predicted octanol–water partition coefficient (Wildman–Crippen LogP) is 2.73. The minimum absolute atomic E-state index is 0.0108. The van der Waals surface area contributed by atoms with E-state index in [2.05, 4.69) is 5.32 Å². The summed E-state index contributed by atoms with van der Waals surface area (Å²) >= 11 is 0. The van der Waals surface area contributed by atoms with Crippen molar-refractivity contribution in [3.63, 3.8) is 0 Å². The molecule has 2 atom stereocenters. The summed E-state index contributed by atoms with van der Waals surface area (Å²) in [5.74, 6) is 0.544. The van der Waals surface area contributed by atoms with Crippen molar-refractivity contribution < 1.29 is 19.4 Å². The molecule has 3 rings (SSSR count). The van der Waals surface area contributed by atoms with Crippen LogP contribution >= 0.6 is 0 Å². The van der Waals surface area contributed by atoms with Gasteiger partial charge in [-0.15, -0.1) is 0 Å². The van der Waals surface area contributed by atoms with Gasteiger partial charge < -0.3 is 20.1 Å². The van der Waals surface area contributed by atoms with E-state index in [-0.39, 0.29) is 30.4 Å². The zero-order valence-corrected chi connectivity index (χ0v) is 16.2. The van der Waals surface area contributed by atoms with Gasteiger partial charge in [0.2, 0.25) is 11.8 Å². The van der Waals surface area contributed by atoms with Gasteiger partial charge in [-0.25, -0.2) is 0 Å². The Kier molecular flexibility index (Phi) is 6.50. The summed E-state index contributed by atoms with van der Waals surface area (Å²) < 4.78 is 5.39. The van der Waals surface area contributed by atoms with Crippen LogP contribution in [0.25, 0.3) is 0 Å². The molecule has 2 N–H and O–H groups in total. The number of nitrogens with one attached hydrogen (secondary N) is 1. The second-order valence-electron chi connectivity index (χ2n) is 7.64. The van der Waals surface area contributed by atoms with Gasteiger partial charge in [0.25, 0.3) is 0 Å². The molecule has 2 fully saturated rings. The van der Waals surface area contributed by atoms with Crippen molar-refractivity contribution in [1.82, 2.24) is 4.90 Å². The van der Waals surface area contributed by atoms with Gasteiger partial charge in [0, 0.05) is 18.2 Å². The maximum absolute atomic E-state index is 12.2. The summed E-state index contributed by atoms with van der Waals surface area (Å²) in [6, 6.07) is 6.85. The molecule has 2 aliphatic rings. The Morgan fingerprint density at radius 2 is 1.93 bits per heavy atom. The van der Waals surface area contributed by atoms with Gasteiger partial charge in [-0.2, -0.15) is 0 Å². The molecule has 1 heterocycles. The van der Waals surface area contributed by atoms with Crippen molar-refractivity contribution in [3.05, 3.63) is 29.8 Å². The molecule has 27 heavy (non-hydrogen) atoms. The Hall–Kier alpha value is -1.92. The molecule has 1 aliphatic carbocycles. The first kappa shape index (κ1) is 19.8. The van der Waals surface area contributed by atoms with Crippen LogP contribution in [0.5, 0.6) is 0 Å². The van der Waals surface area contributed by atoms with Crippen LogP contribution in [0, 0.1) is 11.8 Å². The number of hydrogen-bond acceptors (Lipinski definition) is 4. The zero-order chi connectivity index (χ0) is 19.4. The van der Waals surface area contributed by atoms with Crippen LogP contribution in [0.1, 0.15) is 51.2 Å². The van der Waals surface area contributed by atoms with E-state index in [1.54, 1.807) is 17.0 Å². The minimum atomic E-state index is -0.809. The van der Waals surface area contributed by atoms with E-state index in [9.17, 15) is 14.7 Å².